The van der Waals surface area contributed by atoms with Crippen LogP contribution in [-0.2, 0) is 14.8 Å². The summed E-state index contributed by atoms with van der Waals surface area (Å²) in [6, 6.07) is 6.99. The molecule has 158 valence electrons. The number of hydrogen-bond acceptors (Lipinski definition) is 5. The van der Waals surface area contributed by atoms with Crippen molar-refractivity contribution in [3.63, 3.8) is 0 Å². The van der Waals surface area contributed by atoms with Gasteiger partial charge in [-0.3, -0.25) is 4.79 Å². The Kier molecular flexibility index (Phi) is 6.69. The number of benzene rings is 1. The molecule has 29 heavy (non-hydrogen) atoms. The van der Waals surface area contributed by atoms with Gasteiger partial charge in [0.05, 0.1) is 17.5 Å². The Bertz CT molecular complexity index is 912. The number of carbonyl (C=O) groups excluding carboxylic acids is 1. The molecule has 0 spiro atoms. The Hall–Kier alpha value is -2.26. The number of unbranched alkanes of at least 4 members (excludes halogenated alkanes) is 1. The third-order valence-corrected chi connectivity index (χ3v) is 7.55. The van der Waals surface area contributed by atoms with E-state index in [1.165, 1.54) is 10.6 Å². The zero-order valence-electron chi connectivity index (χ0n) is 17.2. The summed E-state index contributed by atoms with van der Waals surface area (Å²) in [5.41, 5.74) is 1.86. The van der Waals surface area contributed by atoms with Crippen molar-refractivity contribution >= 4 is 15.9 Å². The Morgan fingerprint density at radius 1 is 1.31 bits per heavy atom. The molecule has 1 aromatic carbocycles. The molecule has 0 bridgehead atoms. The topological polar surface area (TPSA) is 88.4 Å². The number of hydrogen-bond donors (Lipinski definition) is 0. The van der Waals surface area contributed by atoms with Crippen LogP contribution in [0.15, 0.2) is 36.9 Å². The maximum Gasteiger partial charge on any atom is 0.241 e. The molecule has 1 saturated heterocycles. The van der Waals surface area contributed by atoms with Gasteiger partial charge in [0.2, 0.25) is 15.9 Å². The zero-order valence-corrected chi connectivity index (χ0v) is 18.0. The molecular formula is C20H29N5O3S. The summed E-state index contributed by atoms with van der Waals surface area (Å²) in [5.74, 6) is -0.0357. The summed E-state index contributed by atoms with van der Waals surface area (Å²) in [7, 11) is -1.66. The monoisotopic (exact) mass is 419 g/mol. The van der Waals surface area contributed by atoms with E-state index in [1.54, 1.807) is 23.0 Å². The smallest absolute Gasteiger partial charge is 0.241 e. The van der Waals surface area contributed by atoms with Crippen molar-refractivity contribution in [2.24, 2.45) is 0 Å². The molecule has 2 atom stereocenters. The highest BCUT2D eigenvalue weighted by atomic mass is 32.2. The van der Waals surface area contributed by atoms with Crippen molar-refractivity contribution in [3.05, 3.63) is 42.5 Å². The molecule has 1 aromatic heterocycles. The van der Waals surface area contributed by atoms with E-state index in [0.29, 0.717) is 19.4 Å². The molecule has 1 aliphatic heterocycles. The molecule has 8 nitrogen and oxygen atoms in total. The second kappa shape index (κ2) is 9.04. The summed E-state index contributed by atoms with van der Waals surface area (Å²) in [5, 5.41) is 4.11. The Labute approximate surface area is 172 Å². The molecule has 3 rings (SSSR count). The van der Waals surface area contributed by atoms with Crippen LogP contribution in [0.3, 0.4) is 0 Å². The lowest BCUT2D eigenvalue weighted by molar-refractivity contribution is -0.135. The maximum atomic E-state index is 13.1. The highest BCUT2D eigenvalue weighted by Crippen LogP contribution is 2.27. The van der Waals surface area contributed by atoms with Crippen LogP contribution in [0.5, 0.6) is 0 Å². The van der Waals surface area contributed by atoms with Gasteiger partial charge < -0.3 is 4.90 Å². The zero-order chi connectivity index (χ0) is 21.0. The van der Waals surface area contributed by atoms with Crippen molar-refractivity contribution in [1.29, 1.82) is 0 Å². The molecular weight excluding hydrogens is 390 g/mol. The van der Waals surface area contributed by atoms with Crippen molar-refractivity contribution in [2.75, 3.05) is 19.3 Å². The van der Waals surface area contributed by atoms with E-state index in [0.717, 1.165) is 24.1 Å². The van der Waals surface area contributed by atoms with Crippen LogP contribution < -0.4 is 0 Å². The van der Waals surface area contributed by atoms with E-state index in [2.05, 4.69) is 10.1 Å². The molecule has 2 heterocycles. The fourth-order valence-electron chi connectivity index (χ4n) is 3.66. The van der Waals surface area contributed by atoms with Crippen molar-refractivity contribution in [3.8, 4) is 5.69 Å². The van der Waals surface area contributed by atoms with Crippen molar-refractivity contribution in [2.45, 2.75) is 51.6 Å². The Morgan fingerprint density at radius 3 is 2.66 bits per heavy atom. The van der Waals surface area contributed by atoms with Gasteiger partial charge in [0.25, 0.3) is 0 Å². The number of rotatable bonds is 8. The van der Waals surface area contributed by atoms with Gasteiger partial charge in [-0.1, -0.05) is 25.5 Å². The van der Waals surface area contributed by atoms with E-state index in [-0.39, 0.29) is 17.7 Å². The minimum absolute atomic E-state index is 0.107. The lowest BCUT2D eigenvalue weighted by Gasteiger charge is -2.31. The predicted molar refractivity (Wildman–Crippen MR) is 111 cm³/mol. The van der Waals surface area contributed by atoms with E-state index in [4.69, 9.17) is 0 Å². The number of sulfonamides is 1. The number of aromatic nitrogens is 3. The molecule has 1 amide bonds. The molecule has 2 aromatic rings. The van der Waals surface area contributed by atoms with Crippen LogP contribution in [0.1, 0.15) is 51.1 Å². The average molecular weight is 420 g/mol. The van der Waals surface area contributed by atoms with Gasteiger partial charge in [-0.25, -0.2) is 18.1 Å². The van der Waals surface area contributed by atoms with Crippen LogP contribution in [0.2, 0.25) is 0 Å². The summed E-state index contributed by atoms with van der Waals surface area (Å²) in [6.07, 6.45) is 5.83. The molecule has 0 radical (unpaired) electrons. The minimum Gasteiger partial charge on any atom is -0.338 e. The number of likely N-dealkylation sites (N-methyl/N-ethyl adjacent to an activating group) is 1. The Morgan fingerprint density at radius 2 is 2.03 bits per heavy atom. The van der Waals surface area contributed by atoms with E-state index < -0.39 is 16.1 Å². The summed E-state index contributed by atoms with van der Waals surface area (Å²) in [4.78, 5) is 18.7. The first-order chi connectivity index (χ1) is 13.8. The number of carbonyl (C=O) groups is 1. The Balaban J connectivity index is 1.71. The SMILES string of the molecule is CCCCS(=O)(=O)N1CCCC1C(=O)N(C)C(C)c1ccc(-n2cncn2)cc1. The fourth-order valence-corrected chi connectivity index (χ4v) is 5.54. The van der Waals surface area contributed by atoms with Crippen LogP contribution in [-0.4, -0.2) is 63.7 Å². The molecule has 2 unspecified atom stereocenters. The molecule has 1 fully saturated rings. The molecule has 1 aliphatic rings. The lowest BCUT2D eigenvalue weighted by Crippen LogP contribution is -2.47. The van der Waals surface area contributed by atoms with Gasteiger partial charge in [-0.2, -0.15) is 9.40 Å². The van der Waals surface area contributed by atoms with Crippen LogP contribution >= 0.6 is 0 Å². The normalized spacial score (nSPS) is 18.7. The van der Waals surface area contributed by atoms with E-state index in [1.807, 2.05) is 38.1 Å². The van der Waals surface area contributed by atoms with E-state index in [9.17, 15) is 13.2 Å². The summed E-state index contributed by atoms with van der Waals surface area (Å²) >= 11 is 0. The first-order valence-corrected chi connectivity index (χ1v) is 11.7. The van der Waals surface area contributed by atoms with Gasteiger partial charge in [0.1, 0.15) is 18.7 Å². The standard InChI is InChI=1S/C20H29N5O3S/c1-4-5-13-29(27,28)25-12-6-7-19(25)20(26)23(3)16(2)17-8-10-18(11-9-17)24-15-21-14-22-24/h8-11,14-16,19H,4-7,12-13H2,1-3H3. The van der Waals surface area contributed by atoms with Gasteiger partial charge in [-0.05, 0) is 43.9 Å². The predicted octanol–water partition coefficient (Wildman–Crippen LogP) is 2.38. The quantitative estimate of drug-likeness (QED) is 0.655. The highest BCUT2D eigenvalue weighted by Gasteiger charge is 2.40. The van der Waals surface area contributed by atoms with Gasteiger partial charge >= 0.3 is 0 Å². The number of amides is 1. The van der Waals surface area contributed by atoms with Gasteiger partial charge in [-0.15, -0.1) is 0 Å². The second-order valence-corrected chi connectivity index (χ2v) is 9.54. The van der Waals surface area contributed by atoms with Gasteiger partial charge in [0, 0.05) is 13.6 Å². The highest BCUT2D eigenvalue weighted by molar-refractivity contribution is 7.89. The summed E-state index contributed by atoms with van der Waals surface area (Å²) in [6.45, 7) is 4.34. The summed E-state index contributed by atoms with van der Waals surface area (Å²) < 4.78 is 28.4. The van der Waals surface area contributed by atoms with Crippen molar-refractivity contribution in [1.82, 2.24) is 24.0 Å². The maximum absolute atomic E-state index is 13.1. The van der Waals surface area contributed by atoms with Crippen LogP contribution in [0.25, 0.3) is 5.69 Å². The third kappa shape index (κ3) is 4.67. The molecule has 9 heteroatoms. The third-order valence-electron chi connectivity index (χ3n) is 5.59. The average Bonchev–Trinajstić information content (AvgIpc) is 3.43. The fraction of sp³-hybridized carbons (Fsp3) is 0.550. The van der Waals surface area contributed by atoms with Crippen LogP contribution in [0, 0.1) is 0 Å². The van der Waals surface area contributed by atoms with Gasteiger partial charge in [0.15, 0.2) is 0 Å². The van der Waals surface area contributed by atoms with Crippen LogP contribution in [0.4, 0.5) is 0 Å². The minimum atomic E-state index is -3.40. The van der Waals surface area contributed by atoms with E-state index >= 15 is 0 Å². The molecule has 0 saturated carbocycles. The first kappa shape index (κ1) is 21.4. The number of nitrogens with zero attached hydrogens (tertiary/aromatic N) is 5. The lowest BCUT2D eigenvalue weighted by atomic mass is 10.1. The largest absolute Gasteiger partial charge is 0.338 e. The molecule has 0 aliphatic carbocycles. The second-order valence-electron chi connectivity index (χ2n) is 7.50. The first-order valence-electron chi connectivity index (χ1n) is 10.1. The van der Waals surface area contributed by atoms with Crippen molar-refractivity contribution < 1.29 is 13.2 Å². The molecule has 0 N–H and O–H groups in total.